The van der Waals surface area contributed by atoms with Crippen LogP contribution in [0.2, 0.25) is 0 Å². The number of hydrogen-bond donors (Lipinski definition) is 0. The summed E-state index contributed by atoms with van der Waals surface area (Å²) in [6.07, 6.45) is 0. The Balaban J connectivity index is 2.06. The standard InChI is InChI=1S/C33H28OP2/c1-27(34)33(35(28-17-7-2-8-18-28)29-19-9-3-10-20-29)36(30-21-11-4-12-22-30,31-23-13-5-14-24-31)32-25-15-6-16-26-32/h2-26H,1H3. The molecule has 0 atom stereocenters. The van der Waals surface area contributed by atoms with Crippen molar-refractivity contribution in [3.05, 3.63) is 152 Å². The minimum Gasteiger partial charge on any atom is -0.294 e. The molecule has 5 rings (SSSR count). The zero-order chi connectivity index (χ0) is 24.8. The Morgan fingerprint density at radius 1 is 0.472 bits per heavy atom. The molecule has 5 aromatic rings. The van der Waals surface area contributed by atoms with Crippen LogP contribution in [0.4, 0.5) is 0 Å². The number of benzene rings is 5. The van der Waals surface area contributed by atoms with Crippen molar-refractivity contribution < 1.29 is 4.79 Å². The molecule has 176 valence electrons. The maximum atomic E-state index is 14.1. The molecule has 0 aliphatic carbocycles. The smallest absolute Gasteiger partial charge is 0.161 e. The Bertz CT molecular complexity index is 1340. The van der Waals surface area contributed by atoms with Gasteiger partial charge in [-0.1, -0.05) is 152 Å². The highest BCUT2D eigenvalue weighted by Gasteiger charge is 2.36. The Hall–Kier alpha value is -3.50. The van der Waals surface area contributed by atoms with Crippen molar-refractivity contribution in [1.29, 1.82) is 0 Å². The van der Waals surface area contributed by atoms with Crippen LogP contribution in [0.1, 0.15) is 6.92 Å². The molecule has 0 heterocycles. The van der Waals surface area contributed by atoms with Crippen LogP contribution < -0.4 is 26.5 Å². The van der Waals surface area contributed by atoms with Gasteiger partial charge in [-0.2, -0.15) is 0 Å². The Labute approximate surface area is 215 Å². The highest BCUT2D eigenvalue weighted by atomic mass is 31.2. The summed E-state index contributed by atoms with van der Waals surface area (Å²) in [7, 11) is -1.10. The molecule has 0 bridgehead atoms. The van der Waals surface area contributed by atoms with Crippen LogP contribution in [0, 0.1) is 0 Å². The van der Waals surface area contributed by atoms with E-state index in [0.717, 1.165) is 5.03 Å². The average molecular weight is 503 g/mol. The second-order valence-corrected chi connectivity index (χ2v) is 14.4. The molecule has 0 aliphatic rings. The van der Waals surface area contributed by atoms with Gasteiger partial charge in [-0.05, 0) is 48.3 Å². The van der Waals surface area contributed by atoms with E-state index in [1.807, 2.05) is 12.1 Å². The predicted molar refractivity (Wildman–Crippen MR) is 160 cm³/mol. The lowest BCUT2D eigenvalue weighted by Crippen LogP contribution is -2.35. The fourth-order valence-corrected chi connectivity index (χ4v) is 13.8. The quantitative estimate of drug-likeness (QED) is 0.256. The number of carbonyl (C=O) groups is 1. The van der Waals surface area contributed by atoms with Crippen molar-refractivity contribution in [2.75, 3.05) is 0 Å². The average Bonchev–Trinajstić information content (AvgIpc) is 2.95. The third-order valence-corrected chi connectivity index (χ3v) is 14.3. The number of rotatable bonds is 7. The van der Waals surface area contributed by atoms with Crippen LogP contribution in [-0.2, 0) is 4.79 Å². The highest BCUT2D eigenvalue weighted by molar-refractivity contribution is 8.12. The summed E-state index contributed by atoms with van der Waals surface area (Å²) in [5.41, 5.74) is 0. The van der Waals surface area contributed by atoms with Crippen molar-refractivity contribution in [2.24, 2.45) is 0 Å². The third-order valence-electron chi connectivity index (χ3n) is 6.30. The summed E-state index contributed by atoms with van der Waals surface area (Å²) >= 11 is 0. The summed E-state index contributed by atoms with van der Waals surface area (Å²) in [6, 6.07) is 53.1. The van der Waals surface area contributed by atoms with Crippen molar-refractivity contribution in [1.82, 2.24) is 0 Å². The zero-order valence-corrected chi connectivity index (χ0v) is 22.0. The van der Waals surface area contributed by atoms with E-state index in [2.05, 4.69) is 140 Å². The van der Waals surface area contributed by atoms with E-state index in [1.54, 1.807) is 6.92 Å². The summed E-state index contributed by atoms with van der Waals surface area (Å²) in [5, 5.41) is 7.00. The van der Waals surface area contributed by atoms with Crippen molar-refractivity contribution in [3.8, 4) is 0 Å². The molecule has 5 aromatic carbocycles. The fraction of sp³-hybridized carbons (Fsp3) is 0.0303. The molecule has 0 saturated heterocycles. The molecular formula is C33H28OP2. The van der Waals surface area contributed by atoms with Gasteiger partial charge in [0.1, 0.15) is 0 Å². The van der Waals surface area contributed by atoms with Crippen molar-refractivity contribution >= 4 is 52.1 Å². The number of Topliss-reactive ketones (excluding diaryl/α,β-unsaturated/α-hetero) is 1. The minimum absolute atomic E-state index is 0.152. The Morgan fingerprint density at radius 2 is 0.750 bits per heavy atom. The van der Waals surface area contributed by atoms with Crippen LogP contribution in [0.3, 0.4) is 0 Å². The summed E-state index contributed by atoms with van der Waals surface area (Å²) in [4.78, 5) is 14.1. The van der Waals surface area contributed by atoms with E-state index < -0.39 is 14.8 Å². The van der Waals surface area contributed by atoms with E-state index in [0.29, 0.717) is 0 Å². The lowest BCUT2D eigenvalue weighted by atomic mass is 10.4. The number of hydrogen-bond acceptors (Lipinski definition) is 1. The Morgan fingerprint density at radius 3 is 1.03 bits per heavy atom. The summed E-state index contributed by atoms with van der Waals surface area (Å²) in [5.74, 6) is 0.152. The molecule has 0 amide bonds. The third kappa shape index (κ3) is 4.54. The Kier molecular flexibility index (Phi) is 7.43. The molecule has 36 heavy (non-hydrogen) atoms. The van der Waals surface area contributed by atoms with Crippen LogP contribution in [0.15, 0.2) is 152 Å². The number of ketones is 1. The first-order chi connectivity index (χ1) is 17.7. The second kappa shape index (κ2) is 11.0. The van der Waals surface area contributed by atoms with E-state index >= 15 is 0 Å². The first kappa shape index (κ1) is 24.2. The van der Waals surface area contributed by atoms with Gasteiger partial charge >= 0.3 is 0 Å². The summed E-state index contributed by atoms with van der Waals surface area (Å²) in [6.45, 7) is -0.747. The molecule has 0 fully saturated rings. The molecule has 3 heteroatoms. The molecule has 1 nitrogen and oxygen atoms in total. The normalized spacial score (nSPS) is 11.3. The molecule has 0 radical (unpaired) electrons. The SMILES string of the molecule is CC(=O)C(P(c1ccccc1)c1ccccc1)=P(c1ccccc1)(c1ccccc1)c1ccccc1. The van der Waals surface area contributed by atoms with Gasteiger partial charge in [0.2, 0.25) is 0 Å². The van der Waals surface area contributed by atoms with Crippen molar-refractivity contribution in [2.45, 2.75) is 6.92 Å². The van der Waals surface area contributed by atoms with Crippen LogP contribution >= 0.6 is 14.8 Å². The molecule has 0 unspecified atom stereocenters. The van der Waals surface area contributed by atoms with Gasteiger partial charge in [0.05, 0.1) is 0 Å². The van der Waals surface area contributed by atoms with Gasteiger partial charge in [-0.3, -0.25) is 4.79 Å². The van der Waals surface area contributed by atoms with Crippen LogP contribution in [0.25, 0.3) is 0 Å². The van der Waals surface area contributed by atoms with Gasteiger partial charge in [0.25, 0.3) is 0 Å². The molecular weight excluding hydrogens is 474 g/mol. The summed E-state index contributed by atoms with van der Waals surface area (Å²) < 4.78 is 0. The first-order valence-electron chi connectivity index (χ1n) is 12.1. The molecule has 0 saturated carbocycles. The fourth-order valence-electron chi connectivity index (χ4n) is 4.86. The topological polar surface area (TPSA) is 17.1 Å². The maximum absolute atomic E-state index is 14.1. The molecule has 0 spiro atoms. The minimum atomic E-state index is -2.51. The molecule has 0 aromatic heterocycles. The van der Waals surface area contributed by atoms with Gasteiger partial charge < -0.3 is 0 Å². The van der Waals surface area contributed by atoms with E-state index in [4.69, 9.17) is 0 Å². The predicted octanol–water partition coefficient (Wildman–Crippen LogP) is 5.83. The highest BCUT2D eigenvalue weighted by Crippen LogP contribution is 2.55. The second-order valence-electron chi connectivity index (χ2n) is 8.56. The van der Waals surface area contributed by atoms with Gasteiger partial charge in [0, 0.05) is 5.03 Å². The zero-order valence-electron chi connectivity index (χ0n) is 20.2. The number of carbonyl (C=O) groups excluding carboxylic acids is 1. The van der Waals surface area contributed by atoms with Crippen LogP contribution in [-0.4, -0.2) is 10.8 Å². The van der Waals surface area contributed by atoms with Gasteiger partial charge in [-0.15, -0.1) is 0 Å². The molecule has 0 aliphatic heterocycles. The lowest BCUT2D eigenvalue weighted by Gasteiger charge is -2.35. The van der Waals surface area contributed by atoms with E-state index in [9.17, 15) is 4.79 Å². The maximum Gasteiger partial charge on any atom is 0.161 e. The monoisotopic (exact) mass is 502 g/mol. The van der Waals surface area contributed by atoms with Gasteiger partial charge in [0.15, 0.2) is 5.78 Å². The molecule has 0 N–H and O–H groups in total. The largest absolute Gasteiger partial charge is 0.294 e. The van der Waals surface area contributed by atoms with E-state index in [1.165, 1.54) is 26.5 Å². The van der Waals surface area contributed by atoms with E-state index in [-0.39, 0.29) is 5.78 Å². The lowest BCUT2D eigenvalue weighted by molar-refractivity contribution is -0.110. The van der Waals surface area contributed by atoms with Crippen LogP contribution in [0.5, 0.6) is 0 Å². The van der Waals surface area contributed by atoms with Crippen molar-refractivity contribution in [3.63, 3.8) is 0 Å². The van der Waals surface area contributed by atoms with Gasteiger partial charge in [-0.25, -0.2) is 0 Å². The first-order valence-corrected chi connectivity index (χ1v) is 15.2.